The van der Waals surface area contributed by atoms with E-state index in [1.54, 1.807) is 0 Å². The first-order valence-corrected chi connectivity index (χ1v) is 0. The van der Waals surface area contributed by atoms with Crippen LogP contribution in [0.15, 0.2) is 0 Å². The van der Waals surface area contributed by atoms with Gasteiger partial charge < -0.3 is 14.0 Å². The number of hydrogen-bond acceptors (Lipinski definition) is 0. The SMILES string of the molecule is O.[Ba+2].[H-].[H-].[H-].[H-].[H-].[H-].[K+].[Na+].[Sr+2]. The van der Waals surface area contributed by atoms with Gasteiger partial charge >= 0.3 is 175 Å². The predicted molar refractivity (Wildman–Crippen MR) is 21.8 cm³/mol. The van der Waals surface area contributed by atoms with Crippen LogP contribution in [-0.4, -0.2) is 99.8 Å². The van der Waals surface area contributed by atoms with E-state index in [-0.39, 0.29) is 189 Å². The van der Waals surface area contributed by atoms with Gasteiger partial charge in [-0.2, -0.15) is 0 Å². The molecule has 0 saturated carbocycles. The van der Waals surface area contributed by atoms with Gasteiger partial charge in [0.2, 0.25) is 0 Å². The van der Waals surface area contributed by atoms with E-state index < -0.39 is 0 Å². The summed E-state index contributed by atoms with van der Waals surface area (Å²) in [6.07, 6.45) is 0. The fourth-order valence-electron chi connectivity index (χ4n) is 0. The monoisotopic (exact) mass is 312 g/mol. The van der Waals surface area contributed by atoms with Crippen LogP contribution >= 0.6 is 0 Å². The molecule has 0 aromatic carbocycles. The summed E-state index contributed by atoms with van der Waals surface area (Å²) >= 11 is 0. The van der Waals surface area contributed by atoms with Gasteiger partial charge in [0.15, 0.2) is 0 Å². The molecular weight excluding hydrogens is 303 g/mol. The molecule has 0 bridgehead atoms. The topological polar surface area (TPSA) is 31.5 Å². The zero-order valence-electron chi connectivity index (χ0n) is 9.91. The van der Waals surface area contributed by atoms with Crippen molar-refractivity contribution in [2.24, 2.45) is 0 Å². The molecule has 0 aliphatic heterocycles. The standard InChI is InChI=1S/Ba.K.Na.H2O.Sr.6H/h;;;1H2;;;;;;;/q+2;2*+1;;+2;6*-1. The van der Waals surface area contributed by atoms with E-state index in [4.69, 9.17) is 0 Å². The van der Waals surface area contributed by atoms with E-state index in [0.717, 1.165) is 0 Å². The molecule has 0 unspecified atom stereocenters. The van der Waals surface area contributed by atoms with Crippen molar-refractivity contribution in [2.75, 3.05) is 0 Å². The fourth-order valence-corrected chi connectivity index (χ4v) is 0. The molecule has 0 aliphatic carbocycles. The van der Waals surface area contributed by atoms with Crippen molar-refractivity contribution in [2.45, 2.75) is 0 Å². The largest absolute Gasteiger partial charge is 2.00 e. The first-order valence-electron chi connectivity index (χ1n) is 0. The summed E-state index contributed by atoms with van der Waals surface area (Å²) in [5.74, 6) is 0. The van der Waals surface area contributed by atoms with Gasteiger partial charge in [-0.15, -0.1) is 0 Å². The van der Waals surface area contributed by atoms with Crippen LogP contribution in [0.5, 0.6) is 0 Å². The summed E-state index contributed by atoms with van der Waals surface area (Å²) in [4.78, 5) is 0. The molecule has 0 aromatic heterocycles. The summed E-state index contributed by atoms with van der Waals surface area (Å²) in [5, 5.41) is 0. The van der Waals surface area contributed by atoms with Crippen LogP contribution in [0.1, 0.15) is 8.56 Å². The van der Waals surface area contributed by atoms with E-state index in [1.165, 1.54) is 0 Å². The fraction of sp³-hybridized carbons (Fsp3) is 0. The molecule has 5 heavy (non-hydrogen) atoms. The Bertz CT molecular complexity index is 22.5. The third-order valence-corrected chi connectivity index (χ3v) is 0. The van der Waals surface area contributed by atoms with Crippen molar-refractivity contribution in [3.05, 3.63) is 0 Å². The maximum absolute atomic E-state index is 0. The molecule has 5 heteroatoms. The molecule has 0 aromatic rings. The van der Waals surface area contributed by atoms with E-state index in [2.05, 4.69) is 0 Å². The second kappa shape index (κ2) is 22.6. The summed E-state index contributed by atoms with van der Waals surface area (Å²) in [6.45, 7) is 0. The second-order valence-corrected chi connectivity index (χ2v) is 0. The van der Waals surface area contributed by atoms with E-state index in [0.29, 0.717) is 0 Å². The summed E-state index contributed by atoms with van der Waals surface area (Å²) in [5.41, 5.74) is 0. The van der Waals surface area contributed by atoms with Crippen molar-refractivity contribution in [3.8, 4) is 0 Å². The molecule has 20 valence electrons. The maximum Gasteiger partial charge on any atom is 2.00 e. The maximum atomic E-state index is 0. The van der Waals surface area contributed by atoms with Crippen LogP contribution in [0.4, 0.5) is 0 Å². The van der Waals surface area contributed by atoms with Gasteiger partial charge in [-0.3, -0.25) is 0 Å². The molecule has 0 amide bonds. The van der Waals surface area contributed by atoms with Crippen LogP contribution < -0.4 is 80.9 Å². The molecule has 1 nitrogen and oxygen atoms in total. The van der Waals surface area contributed by atoms with Gasteiger partial charge in [0.05, 0.1) is 0 Å². The molecule has 0 aliphatic rings. The smallest absolute Gasteiger partial charge is 1.00 e. The Morgan fingerprint density at radius 2 is 1.20 bits per heavy atom. The third kappa shape index (κ3) is 17.7. The molecule has 0 radical (unpaired) electrons. The predicted octanol–water partition coefficient (Wildman–Crippen LogP) is -6.90. The molecule has 0 atom stereocenters. The second-order valence-electron chi connectivity index (χ2n) is 0. The Balaban J connectivity index is 0. The average molecular weight is 311 g/mol. The van der Waals surface area contributed by atoms with E-state index >= 15 is 0 Å². The third-order valence-electron chi connectivity index (χ3n) is 0. The number of hydrogen-bond donors (Lipinski definition) is 0. The molecule has 0 fully saturated rings. The molecule has 0 heterocycles. The van der Waals surface area contributed by atoms with Crippen LogP contribution in [0.2, 0.25) is 0 Å². The summed E-state index contributed by atoms with van der Waals surface area (Å²) in [7, 11) is 0. The molecule has 2 N–H and O–H groups in total. The quantitative estimate of drug-likeness (QED) is 0.398. The Kier molecular flexibility index (Phi) is 141. The molecule has 0 saturated heterocycles. The summed E-state index contributed by atoms with van der Waals surface area (Å²) < 4.78 is 0. The van der Waals surface area contributed by atoms with Crippen LogP contribution in [-0.2, 0) is 0 Å². The van der Waals surface area contributed by atoms with E-state index in [9.17, 15) is 0 Å². The first-order chi connectivity index (χ1) is 0. The van der Waals surface area contributed by atoms with Gasteiger partial charge in [0, 0.05) is 0 Å². The van der Waals surface area contributed by atoms with Crippen molar-refractivity contribution in [1.82, 2.24) is 0 Å². The Labute approximate surface area is 183 Å². The van der Waals surface area contributed by atoms with Gasteiger partial charge in [-0.1, -0.05) is 0 Å². The van der Waals surface area contributed by atoms with Crippen molar-refractivity contribution >= 4 is 94.4 Å². The zero-order chi connectivity index (χ0) is 0. The van der Waals surface area contributed by atoms with Gasteiger partial charge in [-0.05, 0) is 0 Å². The molecular formula is H8BaKNaOSr. The Morgan fingerprint density at radius 1 is 1.20 bits per heavy atom. The minimum atomic E-state index is 0. The summed E-state index contributed by atoms with van der Waals surface area (Å²) in [6, 6.07) is 0. The minimum Gasteiger partial charge on any atom is -1.00 e. The van der Waals surface area contributed by atoms with E-state index in [1.807, 2.05) is 0 Å². The molecule has 0 rings (SSSR count). The zero-order valence-corrected chi connectivity index (χ0v) is 17.0. The van der Waals surface area contributed by atoms with Crippen LogP contribution in [0.25, 0.3) is 0 Å². The number of rotatable bonds is 0. The minimum absolute atomic E-state index is 0. The van der Waals surface area contributed by atoms with Gasteiger partial charge in [0.1, 0.15) is 0 Å². The normalized spacial score (nSPS) is 0. The first kappa shape index (κ1) is 31.1. The van der Waals surface area contributed by atoms with Crippen molar-refractivity contribution in [1.29, 1.82) is 0 Å². The average Bonchev–Trinajstić information content (AvgIpc) is 0. The Morgan fingerprint density at radius 3 is 1.20 bits per heavy atom. The van der Waals surface area contributed by atoms with Crippen molar-refractivity contribution in [3.63, 3.8) is 0 Å². The van der Waals surface area contributed by atoms with Crippen molar-refractivity contribution < 1.29 is 95.0 Å². The van der Waals surface area contributed by atoms with Crippen LogP contribution in [0.3, 0.4) is 0 Å². The molecule has 0 spiro atoms. The van der Waals surface area contributed by atoms with Gasteiger partial charge in [-0.25, -0.2) is 0 Å². The van der Waals surface area contributed by atoms with Gasteiger partial charge in [0.25, 0.3) is 0 Å². The Hall–Kier alpha value is 5.65. The van der Waals surface area contributed by atoms with Crippen LogP contribution in [0, 0.1) is 0 Å².